The number of hydrogen-bond donors (Lipinski definition) is 4. The van der Waals surface area contributed by atoms with Crippen LogP contribution in [0.15, 0.2) is 0 Å². The lowest BCUT2D eigenvalue weighted by Gasteiger charge is -2.30. The van der Waals surface area contributed by atoms with E-state index in [-0.39, 0.29) is 5.92 Å². The average Bonchev–Trinajstić information content (AvgIpc) is 2.01. The Kier molecular flexibility index (Phi) is 3.63. The lowest BCUT2D eigenvalue weighted by atomic mass is 9.87. The van der Waals surface area contributed by atoms with Crippen molar-refractivity contribution in [3.8, 4) is 0 Å². The zero-order valence-electron chi connectivity index (χ0n) is 7.19. The summed E-state index contributed by atoms with van der Waals surface area (Å²) < 4.78 is 0. The Morgan fingerprint density at radius 2 is 2.00 bits per heavy atom. The van der Waals surface area contributed by atoms with Crippen molar-refractivity contribution in [2.75, 3.05) is 6.61 Å². The van der Waals surface area contributed by atoms with Crippen LogP contribution in [0.4, 0.5) is 0 Å². The molecule has 5 heteroatoms. The topological polar surface area (TPSA) is 104 Å². The normalized spacial score (nSPS) is 18.8. The number of carboxylic acids is 1. The fourth-order valence-corrected chi connectivity index (χ4v) is 0.882. The minimum Gasteiger partial charge on any atom is -0.480 e. The highest BCUT2D eigenvalue weighted by Gasteiger charge is 2.42. The van der Waals surface area contributed by atoms with Gasteiger partial charge < -0.3 is 21.1 Å². The van der Waals surface area contributed by atoms with Crippen LogP contribution in [0, 0.1) is 5.92 Å². The van der Waals surface area contributed by atoms with Crippen molar-refractivity contribution < 1.29 is 20.1 Å². The van der Waals surface area contributed by atoms with Crippen LogP contribution in [-0.2, 0) is 4.79 Å². The van der Waals surface area contributed by atoms with E-state index in [9.17, 15) is 9.90 Å². The molecule has 5 nitrogen and oxygen atoms in total. The smallest absolute Gasteiger partial charge is 0.328 e. The molecule has 0 heterocycles. The van der Waals surface area contributed by atoms with Gasteiger partial charge in [-0.15, -0.1) is 0 Å². The van der Waals surface area contributed by atoms with Gasteiger partial charge in [-0.1, -0.05) is 13.8 Å². The van der Waals surface area contributed by atoms with Gasteiger partial charge >= 0.3 is 5.97 Å². The van der Waals surface area contributed by atoms with Gasteiger partial charge in [-0.05, 0) is 5.92 Å². The van der Waals surface area contributed by atoms with E-state index >= 15 is 0 Å². The maximum absolute atomic E-state index is 10.6. The van der Waals surface area contributed by atoms with Crippen LogP contribution in [0.1, 0.15) is 13.8 Å². The van der Waals surface area contributed by atoms with Crippen molar-refractivity contribution in [1.82, 2.24) is 0 Å². The Balaban J connectivity index is 4.63. The molecule has 2 atom stereocenters. The minimum absolute atomic E-state index is 0.307. The van der Waals surface area contributed by atoms with Crippen LogP contribution in [0.25, 0.3) is 0 Å². The largest absolute Gasteiger partial charge is 0.480 e. The number of carboxylic acid groups (broad SMARTS) is 1. The quantitative estimate of drug-likeness (QED) is 0.431. The highest BCUT2D eigenvalue weighted by Crippen LogP contribution is 2.15. The van der Waals surface area contributed by atoms with E-state index < -0.39 is 24.2 Å². The molecule has 0 aromatic rings. The van der Waals surface area contributed by atoms with E-state index in [4.69, 9.17) is 15.9 Å². The molecule has 0 aliphatic rings. The molecule has 0 unspecified atom stereocenters. The molecular formula is C7H15NO4. The van der Waals surface area contributed by atoms with Crippen molar-refractivity contribution in [2.45, 2.75) is 25.5 Å². The van der Waals surface area contributed by atoms with Crippen LogP contribution in [-0.4, -0.2) is 39.5 Å². The summed E-state index contributed by atoms with van der Waals surface area (Å²) in [7, 11) is 0. The maximum Gasteiger partial charge on any atom is 0.328 e. The van der Waals surface area contributed by atoms with Crippen LogP contribution >= 0.6 is 0 Å². The molecule has 0 aliphatic heterocycles. The predicted octanol–water partition coefficient (Wildman–Crippen LogP) is -1.22. The van der Waals surface area contributed by atoms with Crippen molar-refractivity contribution >= 4 is 5.97 Å². The van der Waals surface area contributed by atoms with Gasteiger partial charge in [-0.25, -0.2) is 0 Å². The number of carbonyl (C=O) groups is 1. The van der Waals surface area contributed by atoms with E-state index in [0.717, 1.165) is 0 Å². The molecule has 12 heavy (non-hydrogen) atoms. The molecule has 0 rings (SSSR count). The Morgan fingerprint density at radius 3 is 2.08 bits per heavy atom. The Hall–Kier alpha value is -0.650. The average molecular weight is 177 g/mol. The van der Waals surface area contributed by atoms with Crippen LogP contribution in [0.3, 0.4) is 0 Å². The molecule has 0 bridgehead atoms. The molecule has 0 saturated carbocycles. The highest BCUT2D eigenvalue weighted by molar-refractivity contribution is 5.79. The third-order valence-electron chi connectivity index (χ3n) is 1.82. The summed E-state index contributed by atoms with van der Waals surface area (Å²) in [5.74, 6) is -1.70. The molecule has 0 saturated heterocycles. The molecule has 0 radical (unpaired) electrons. The number of nitrogens with two attached hydrogens (primary N) is 1. The van der Waals surface area contributed by atoms with Crippen LogP contribution in [0.2, 0.25) is 0 Å². The number of hydrogen-bond acceptors (Lipinski definition) is 4. The van der Waals surface area contributed by atoms with Crippen LogP contribution in [0.5, 0.6) is 0 Å². The summed E-state index contributed by atoms with van der Waals surface area (Å²) in [6.07, 6.45) is -1.25. The highest BCUT2D eigenvalue weighted by atomic mass is 16.4. The molecular weight excluding hydrogens is 162 g/mol. The zero-order chi connectivity index (χ0) is 9.94. The molecule has 0 aromatic heterocycles. The van der Waals surface area contributed by atoms with Crippen molar-refractivity contribution in [2.24, 2.45) is 11.7 Å². The van der Waals surface area contributed by atoms with E-state index in [1.165, 1.54) is 0 Å². The molecule has 72 valence electrons. The second kappa shape index (κ2) is 3.84. The van der Waals surface area contributed by atoms with E-state index in [0.29, 0.717) is 0 Å². The first-order valence-electron chi connectivity index (χ1n) is 3.67. The van der Waals surface area contributed by atoms with Crippen molar-refractivity contribution in [3.05, 3.63) is 0 Å². The number of aliphatic hydroxyl groups is 2. The van der Waals surface area contributed by atoms with Gasteiger partial charge in [0, 0.05) is 0 Å². The predicted molar refractivity (Wildman–Crippen MR) is 42.5 cm³/mol. The lowest BCUT2D eigenvalue weighted by Crippen LogP contribution is -2.61. The summed E-state index contributed by atoms with van der Waals surface area (Å²) in [5, 5.41) is 26.7. The number of aliphatic hydroxyl groups excluding tert-OH is 2. The molecule has 0 aliphatic carbocycles. The fourth-order valence-electron chi connectivity index (χ4n) is 0.882. The second-order valence-electron chi connectivity index (χ2n) is 3.19. The standard InChI is InChI=1S/C7H15NO4/c1-4(2)5(10)7(8,3-9)6(11)12/h4-5,9-10H,3,8H2,1-2H3,(H,11,12)/t5-,7-/m0/s1. The first kappa shape index (κ1) is 11.4. The summed E-state index contributed by atoms with van der Waals surface area (Å²) in [6.45, 7) is 2.48. The molecule has 0 aromatic carbocycles. The number of aliphatic carboxylic acids is 1. The van der Waals surface area contributed by atoms with E-state index in [2.05, 4.69) is 0 Å². The first-order valence-corrected chi connectivity index (χ1v) is 3.67. The zero-order valence-corrected chi connectivity index (χ0v) is 7.19. The van der Waals surface area contributed by atoms with Crippen molar-refractivity contribution in [1.29, 1.82) is 0 Å². The summed E-state index contributed by atoms with van der Waals surface area (Å²) in [5.41, 5.74) is 3.33. The molecule has 0 fully saturated rings. The summed E-state index contributed by atoms with van der Waals surface area (Å²) in [4.78, 5) is 10.6. The molecule has 0 amide bonds. The van der Waals surface area contributed by atoms with Gasteiger partial charge in [0.15, 0.2) is 5.54 Å². The third-order valence-corrected chi connectivity index (χ3v) is 1.82. The van der Waals surface area contributed by atoms with Gasteiger partial charge in [0.1, 0.15) is 0 Å². The fraction of sp³-hybridized carbons (Fsp3) is 0.857. The van der Waals surface area contributed by atoms with Crippen LogP contribution < -0.4 is 5.73 Å². The number of rotatable bonds is 4. The van der Waals surface area contributed by atoms with Gasteiger partial charge in [-0.2, -0.15) is 0 Å². The van der Waals surface area contributed by atoms with E-state index in [1.807, 2.05) is 0 Å². The molecule has 5 N–H and O–H groups in total. The summed E-state index contributed by atoms with van der Waals surface area (Å²) >= 11 is 0. The monoisotopic (exact) mass is 177 g/mol. The summed E-state index contributed by atoms with van der Waals surface area (Å²) in [6, 6.07) is 0. The van der Waals surface area contributed by atoms with Gasteiger partial charge in [0.05, 0.1) is 12.7 Å². The van der Waals surface area contributed by atoms with E-state index in [1.54, 1.807) is 13.8 Å². The second-order valence-corrected chi connectivity index (χ2v) is 3.19. The third kappa shape index (κ3) is 1.94. The minimum atomic E-state index is -1.95. The first-order chi connectivity index (χ1) is 5.36. The maximum atomic E-state index is 10.6. The van der Waals surface area contributed by atoms with Gasteiger partial charge in [0.25, 0.3) is 0 Å². The van der Waals surface area contributed by atoms with Gasteiger partial charge in [0.2, 0.25) is 0 Å². The lowest BCUT2D eigenvalue weighted by molar-refractivity contribution is -0.152. The Bertz CT molecular complexity index is 171. The van der Waals surface area contributed by atoms with Crippen molar-refractivity contribution in [3.63, 3.8) is 0 Å². The Morgan fingerprint density at radius 1 is 1.58 bits per heavy atom. The SMILES string of the molecule is CC(C)[C@H](O)[C@@](N)(CO)C(=O)O. The van der Waals surface area contributed by atoms with Gasteiger partial charge in [-0.3, -0.25) is 4.79 Å². The Labute approximate surface area is 70.8 Å². The molecule has 0 spiro atoms.